The molecule has 0 atom stereocenters. The lowest BCUT2D eigenvalue weighted by molar-refractivity contribution is 1.10. The van der Waals surface area contributed by atoms with Crippen LogP contribution in [-0.2, 0) is 0 Å². The molecule has 94 valence electrons. The largest absolute Gasteiger partial charge is 0.369 e. The van der Waals surface area contributed by atoms with E-state index in [-0.39, 0.29) is 0 Å². The van der Waals surface area contributed by atoms with Crippen LogP contribution >= 0.6 is 50.1 Å². The minimum atomic E-state index is 0.629. The summed E-state index contributed by atoms with van der Waals surface area (Å²) in [6.07, 6.45) is 1.79. The Morgan fingerprint density at radius 2 is 2.22 bits per heavy atom. The van der Waals surface area contributed by atoms with Crippen LogP contribution in [0.2, 0.25) is 5.02 Å². The van der Waals surface area contributed by atoms with Gasteiger partial charge in [-0.1, -0.05) is 27.5 Å². The molecule has 0 amide bonds. The van der Waals surface area contributed by atoms with E-state index in [1.807, 2.05) is 25.1 Å². The van der Waals surface area contributed by atoms with Crippen LogP contribution in [0.15, 0.2) is 28.9 Å². The maximum absolute atomic E-state index is 6.20. The van der Waals surface area contributed by atoms with Crippen LogP contribution in [-0.4, -0.2) is 16.5 Å². The monoisotopic (exact) mass is 437 g/mol. The van der Waals surface area contributed by atoms with Crippen molar-refractivity contribution in [2.24, 2.45) is 0 Å². The third-order valence-electron chi connectivity index (χ3n) is 2.26. The van der Waals surface area contributed by atoms with Crippen LogP contribution in [0.25, 0.3) is 11.4 Å². The number of benzene rings is 1. The van der Waals surface area contributed by atoms with Crippen molar-refractivity contribution in [2.45, 2.75) is 6.92 Å². The van der Waals surface area contributed by atoms with Crippen molar-refractivity contribution >= 4 is 55.9 Å². The topological polar surface area (TPSA) is 37.8 Å². The fraction of sp³-hybridized carbons (Fsp3) is 0.167. The zero-order chi connectivity index (χ0) is 13.1. The predicted octanol–water partition coefficient (Wildman–Crippen LogP) is 4.60. The van der Waals surface area contributed by atoms with Crippen LogP contribution in [0, 0.1) is 3.57 Å². The molecule has 0 unspecified atom stereocenters. The van der Waals surface area contributed by atoms with E-state index in [4.69, 9.17) is 11.6 Å². The molecule has 1 heterocycles. The summed E-state index contributed by atoms with van der Waals surface area (Å²) in [5.41, 5.74) is 0.829. The van der Waals surface area contributed by atoms with Crippen LogP contribution in [0.5, 0.6) is 0 Å². The van der Waals surface area contributed by atoms with Gasteiger partial charge in [-0.2, -0.15) is 0 Å². The lowest BCUT2D eigenvalue weighted by Gasteiger charge is -2.08. The third-order valence-corrected chi connectivity index (χ3v) is 3.86. The lowest BCUT2D eigenvalue weighted by atomic mass is 10.2. The van der Waals surface area contributed by atoms with Gasteiger partial charge in [0, 0.05) is 22.8 Å². The predicted molar refractivity (Wildman–Crippen MR) is 87.1 cm³/mol. The van der Waals surface area contributed by atoms with Gasteiger partial charge in [0.1, 0.15) is 5.82 Å². The Bertz CT molecular complexity index is 577. The van der Waals surface area contributed by atoms with Gasteiger partial charge in [0.05, 0.1) is 8.59 Å². The van der Waals surface area contributed by atoms with E-state index in [2.05, 4.69) is 53.8 Å². The minimum absolute atomic E-state index is 0.629. The van der Waals surface area contributed by atoms with Gasteiger partial charge in [0.2, 0.25) is 0 Å². The molecule has 3 nitrogen and oxygen atoms in total. The number of halogens is 3. The molecule has 0 fully saturated rings. The van der Waals surface area contributed by atoms with Gasteiger partial charge in [0.15, 0.2) is 5.82 Å². The second kappa shape index (κ2) is 6.16. The Balaban J connectivity index is 2.47. The molecular weight excluding hydrogens is 428 g/mol. The molecule has 2 rings (SSSR count). The highest BCUT2D eigenvalue weighted by molar-refractivity contribution is 14.1. The maximum Gasteiger partial charge on any atom is 0.163 e. The van der Waals surface area contributed by atoms with Gasteiger partial charge in [-0.3, -0.25) is 0 Å². The average Bonchev–Trinajstić information content (AvgIpc) is 2.33. The highest BCUT2D eigenvalue weighted by Crippen LogP contribution is 2.29. The van der Waals surface area contributed by atoms with E-state index in [1.165, 1.54) is 0 Å². The fourth-order valence-corrected chi connectivity index (χ4v) is 2.67. The smallest absolute Gasteiger partial charge is 0.163 e. The molecule has 0 saturated carbocycles. The number of hydrogen-bond donors (Lipinski definition) is 1. The number of nitrogens with one attached hydrogen (secondary N) is 1. The first-order valence-corrected chi connectivity index (χ1v) is 7.58. The van der Waals surface area contributed by atoms with Gasteiger partial charge in [0.25, 0.3) is 0 Å². The van der Waals surface area contributed by atoms with Crippen LogP contribution in [0.3, 0.4) is 0 Å². The molecule has 2 aromatic rings. The summed E-state index contributed by atoms with van der Waals surface area (Å²) < 4.78 is 1.93. The average molecular weight is 438 g/mol. The van der Waals surface area contributed by atoms with Crippen molar-refractivity contribution in [3.63, 3.8) is 0 Å². The summed E-state index contributed by atoms with van der Waals surface area (Å²) >= 11 is 11.8. The SMILES string of the molecule is CCNc1nc(-c2ccc(Br)cc2Cl)ncc1I. The fourth-order valence-electron chi connectivity index (χ4n) is 1.46. The molecule has 18 heavy (non-hydrogen) atoms. The van der Waals surface area contributed by atoms with Crippen LogP contribution in [0.4, 0.5) is 5.82 Å². The van der Waals surface area contributed by atoms with Gasteiger partial charge >= 0.3 is 0 Å². The molecule has 0 aliphatic rings. The molecule has 1 aromatic heterocycles. The molecule has 6 heteroatoms. The zero-order valence-corrected chi connectivity index (χ0v) is 14.0. The van der Waals surface area contributed by atoms with E-state index >= 15 is 0 Å². The minimum Gasteiger partial charge on any atom is -0.369 e. The molecular formula is C12H10BrClIN3. The van der Waals surface area contributed by atoms with Crippen molar-refractivity contribution < 1.29 is 0 Å². The van der Waals surface area contributed by atoms with Gasteiger partial charge in [-0.05, 0) is 47.7 Å². The first-order chi connectivity index (χ1) is 8.61. The molecule has 0 radical (unpaired) electrons. The van der Waals surface area contributed by atoms with E-state index in [1.54, 1.807) is 6.20 Å². The van der Waals surface area contributed by atoms with Crippen LogP contribution in [0.1, 0.15) is 6.92 Å². The Labute approximate surface area is 133 Å². The van der Waals surface area contributed by atoms with Crippen molar-refractivity contribution in [2.75, 3.05) is 11.9 Å². The molecule has 1 aromatic carbocycles. The molecule has 0 aliphatic heterocycles. The normalized spacial score (nSPS) is 10.4. The third kappa shape index (κ3) is 3.13. The molecule has 0 bridgehead atoms. The Morgan fingerprint density at radius 1 is 1.44 bits per heavy atom. The molecule has 0 saturated heterocycles. The summed E-state index contributed by atoms with van der Waals surface area (Å²) in [6, 6.07) is 5.67. The van der Waals surface area contributed by atoms with E-state index < -0.39 is 0 Å². The number of anilines is 1. The van der Waals surface area contributed by atoms with E-state index in [0.717, 1.165) is 26.0 Å². The number of rotatable bonds is 3. The first-order valence-electron chi connectivity index (χ1n) is 5.33. The van der Waals surface area contributed by atoms with Crippen molar-refractivity contribution in [3.8, 4) is 11.4 Å². The second-order valence-electron chi connectivity index (χ2n) is 3.54. The van der Waals surface area contributed by atoms with Crippen molar-refractivity contribution in [3.05, 3.63) is 37.5 Å². The van der Waals surface area contributed by atoms with E-state index in [9.17, 15) is 0 Å². The Morgan fingerprint density at radius 3 is 2.89 bits per heavy atom. The van der Waals surface area contributed by atoms with Crippen LogP contribution < -0.4 is 5.32 Å². The highest BCUT2D eigenvalue weighted by atomic mass is 127. The zero-order valence-electron chi connectivity index (χ0n) is 9.54. The van der Waals surface area contributed by atoms with Gasteiger partial charge in [-0.15, -0.1) is 0 Å². The summed E-state index contributed by atoms with van der Waals surface area (Å²) in [5, 5.41) is 3.84. The standard InChI is InChI=1S/C12H10BrClIN3/c1-2-16-12-10(15)6-17-11(18-12)8-4-3-7(13)5-9(8)14/h3-6H,2H2,1H3,(H,16,17,18). The van der Waals surface area contributed by atoms with Gasteiger partial charge in [-0.25, -0.2) is 9.97 Å². The summed E-state index contributed by atoms with van der Waals surface area (Å²) in [6.45, 7) is 2.85. The summed E-state index contributed by atoms with van der Waals surface area (Å²) in [4.78, 5) is 8.82. The van der Waals surface area contributed by atoms with Crippen molar-refractivity contribution in [1.82, 2.24) is 9.97 Å². The van der Waals surface area contributed by atoms with Crippen molar-refractivity contribution in [1.29, 1.82) is 0 Å². The summed E-state index contributed by atoms with van der Waals surface area (Å²) in [5.74, 6) is 1.46. The number of aromatic nitrogens is 2. The second-order valence-corrected chi connectivity index (χ2v) is 6.03. The Hall–Kier alpha value is -0.400. The first kappa shape index (κ1) is 14.0. The lowest BCUT2D eigenvalue weighted by Crippen LogP contribution is -2.03. The Kier molecular flexibility index (Phi) is 4.80. The van der Waals surface area contributed by atoms with E-state index in [0.29, 0.717) is 10.8 Å². The highest BCUT2D eigenvalue weighted by Gasteiger charge is 2.09. The quantitative estimate of drug-likeness (QED) is 0.712. The van der Waals surface area contributed by atoms with Gasteiger partial charge < -0.3 is 5.32 Å². The number of nitrogens with zero attached hydrogens (tertiary/aromatic N) is 2. The summed E-state index contributed by atoms with van der Waals surface area (Å²) in [7, 11) is 0. The maximum atomic E-state index is 6.20. The number of hydrogen-bond acceptors (Lipinski definition) is 3. The molecule has 0 aliphatic carbocycles. The molecule has 0 spiro atoms. The molecule has 1 N–H and O–H groups in total.